The Balaban J connectivity index is 1.92. The van der Waals surface area contributed by atoms with Gasteiger partial charge in [-0.05, 0) is 47.4 Å². The van der Waals surface area contributed by atoms with E-state index in [4.69, 9.17) is 11.6 Å². The van der Waals surface area contributed by atoms with Gasteiger partial charge in [0.15, 0.2) is 0 Å². The van der Waals surface area contributed by atoms with E-state index in [0.717, 1.165) is 22.0 Å². The molecule has 21 heavy (non-hydrogen) atoms. The van der Waals surface area contributed by atoms with Crippen LogP contribution >= 0.6 is 11.6 Å². The van der Waals surface area contributed by atoms with Crippen molar-refractivity contribution in [1.82, 2.24) is 4.98 Å². The Morgan fingerprint density at radius 1 is 1.14 bits per heavy atom. The number of hydrogen-bond donors (Lipinski definition) is 2. The lowest BCUT2D eigenvalue weighted by Gasteiger charge is -2.11. The quantitative estimate of drug-likeness (QED) is 0.680. The van der Waals surface area contributed by atoms with E-state index in [1.54, 1.807) is 6.07 Å². The highest BCUT2D eigenvalue weighted by Crippen LogP contribution is 2.46. The van der Waals surface area contributed by atoms with Crippen LogP contribution < -0.4 is 0 Å². The van der Waals surface area contributed by atoms with Crippen LogP contribution in [0.2, 0.25) is 5.02 Å². The Labute approximate surface area is 126 Å². The minimum Gasteiger partial charge on any atom is -0.388 e. The summed E-state index contributed by atoms with van der Waals surface area (Å²) < 4.78 is 13.4. The van der Waals surface area contributed by atoms with Gasteiger partial charge >= 0.3 is 0 Å². The summed E-state index contributed by atoms with van der Waals surface area (Å²) in [6.45, 7) is 0. The Kier molecular flexibility index (Phi) is 2.81. The van der Waals surface area contributed by atoms with E-state index in [1.807, 2.05) is 24.4 Å². The molecule has 1 aliphatic rings. The normalized spacial score (nSPS) is 20.9. The summed E-state index contributed by atoms with van der Waals surface area (Å²) in [5.74, 6) is -0.283. The van der Waals surface area contributed by atoms with Crippen LogP contribution in [0, 0.1) is 5.82 Å². The second kappa shape index (κ2) is 4.58. The second-order valence-corrected chi connectivity index (χ2v) is 5.89. The molecule has 1 heterocycles. The Morgan fingerprint density at radius 3 is 2.86 bits per heavy atom. The van der Waals surface area contributed by atoms with Gasteiger partial charge in [-0.15, -0.1) is 0 Å². The Hall–Kier alpha value is -1.84. The van der Waals surface area contributed by atoms with Gasteiger partial charge in [0, 0.05) is 23.0 Å². The molecule has 1 aliphatic carbocycles. The molecule has 0 saturated carbocycles. The molecule has 0 fully saturated rings. The van der Waals surface area contributed by atoms with Crippen molar-refractivity contribution in [2.75, 3.05) is 0 Å². The molecular weight excluding hydrogens is 289 g/mol. The van der Waals surface area contributed by atoms with Crippen molar-refractivity contribution in [3.63, 3.8) is 0 Å². The summed E-state index contributed by atoms with van der Waals surface area (Å²) in [6, 6.07) is 10.4. The van der Waals surface area contributed by atoms with Crippen LogP contribution in [-0.4, -0.2) is 10.1 Å². The van der Waals surface area contributed by atoms with Crippen LogP contribution in [-0.2, 0) is 0 Å². The Morgan fingerprint density at radius 2 is 2.00 bits per heavy atom. The average molecular weight is 302 g/mol. The van der Waals surface area contributed by atoms with Crippen molar-refractivity contribution in [2.45, 2.75) is 18.4 Å². The highest BCUT2D eigenvalue weighted by Gasteiger charge is 2.32. The van der Waals surface area contributed by atoms with E-state index in [1.165, 1.54) is 12.1 Å². The molecule has 0 spiro atoms. The van der Waals surface area contributed by atoms with Gasteiger partial charge in [0.25, 0.3) is 0 Å². The number of hydrogen-bond acceptors (Lipinski definition) is 1. The molecule has 2 nitrogen and oxygen atoms in total. The first-order valence-corrected chi connectivity index (χ1v) is 7.26. The lowest BCUT2D eigenvalue weighted by Crippen LogP contribution is -1.95. The van der Waals surface area contributed by atoms with Crippen molar-refractivity contribution < 1.29 is 9.50 Å². The molecule has 106 valence electrons. The van der Waals surface area contributed by atoms with Crippen LogP contribution in [0.1, 0.15) is 35.1 Å². The lowest BCUT2D eigenvalue weighted by atomic mass is 9.92. The monoisotopic (exact) mass is 301 g/mol. The SMILES string of the molecule is OC1CC(c2c[nH]c3cccc(Cl)c23)c2ccc(F)cc21. The fourth-order valence-corrected chi connectivity index (χ4v) is 3.65. The van der Waals surface area contributed by atoms with Crippen molar-refractivity contribution in [3.8, 4) is 0 Å². The molecular formula is C17H13ClFNO. The molecule has 0 aliphatic heterocycles. The maximum atomic E-state index is 13.4. The summed E-state index contributed by atoms with van der Waals surface area (Å²) >= 11 is 6.33. The standard InChI is InChI=1S/C17H13ClFNO/c18-14-2-1-3-15-17(14)13(8-20-15)11-7-16(21)12-6-9(19)4-5-10(11)12/h1-6,8,11,16,20-21H,7H2. The van der Waals surface area contributed by atoms with Crippen molar-refractivity contribution in [3.05, 3.63) is 70.1 Å². The zero-order chi connectivity index (χ0) is 14.6. The summed E-state index contributed by atoms with van der Waals surface area (Å²) in [7, 11) is 0. The third-order valence-corrected chi connectivity index (χ3v) is 4.62. The molecule has 0 bridgehead atoms. The van der Waals surface area contributed by atoms with Crippen LogP contribution in [0.4, 0.5) is 4.39 Å². The van der Waals surface area contributed by atoms with Gasteiger partial charge in [-0.1, -0.05) is 23.7 Å². The topological polar surface area (TPSA) is 36.0 Å². The zero-order valence-corrected chi connectivity index (χ0v) is 11.9. The molecule has 2 unspecified atom stereocenters. The van der Waals surface area contributed by atoms with Gasteiger partial charge in [-0.2, -0.15) is 0 Å². The minimum atomic E-state index is -0.631. The van der Waals surface area contributed by atoms with E-state index in [0.29, 0.717) is 17.0 Å². The number of rotatable bonds is 1. The first-order valence-electron chi connectivity index (χ1n) is 6.88. The lowest BCUT2D eigenvalue weighted by molar-refractivity contribution is 0.176. The fraction of sp³-hybridized carbons (Fsp3) is 0.176. The van der Waals surface area contributed by atoms with Gasteiger partial charge in [0.2, 0.25) is 0 Å². The largest absolute Gasteiger partial charge is 0.388 e. The number of halogens is 2. The molecule has 1 aromatic heterocycles. The highest BCUT2D eigenvalue weighted by molar-refractivity contribution is 6.35. The minimum absolute atomic E-state index is 0.0317. The van der Waals surface area contributed by atoms with E-state index in [-0.39, 0.29) is 11.7 Å². The number of H-pyrrole nitrogens is 1. The number of fused-ring (bicyclic) bond motifs is 2. The molecule has 2 aromatic carbocycles. The smallest absolute Gasteiger partial charge is 0.123 e. The number of aromatic amines is 1. The number of nitrogens with one attached hydrogen (secondary N) is 1. The average Bonchev–Trinajstić information content (AvgIpc) is 3.02. The summed E-state index contributed by atoms with van der Waals surface area (Å²) in [5.41, 5.74) is 3.69. The van der Waals surface area contributed by atoms with Crippen LogP contribution in [0.15, 0.2) is 42.6 Å². The first-order chi connectivity index (χ1) is 10.1. The maximum absolute atomic E-state index is 13.4. The number of benzene rings is 2. The van der Waals surface area contributed by atoms with E-state index < -0.39 is 6.10 Å². The van der Waals surface area contributed by atoms with Gasteiger partial charge in [-0.3, -0.25) is 0 Å². The van der Waals surface area contributed by atoms with Crippen molar-refractivity contribution in [2.24, 2.45) is 0 Å². The predicted molar refractivity (Wildman–Crippen MR) is 81.1 cm³/mol. The van der Waals surface area contributed by atoms with Gasteiger partial charge in [0.1, 0.15) is 5.82 Å². The molecule has 4 heteroatoms. The summed E-state index contributed by atoms with van der Waals surface area (Å²) in [6.07, 6.45) is 1.86. The number of aliphatic hydroxyl groups is 1. The van der Waals surface area contributed by atoms with Crippen LogP contribution in [0.25, 0.3) is 10.9 Å². The molecule has 0 amide bonds. The van der Waals surface area contributed by atoms with Crippen molar-refractivity contribution >= 4 is 22.5 Å². The number of aromatic nitrogens is 1. The second-order valence-electron chi connectivity index (χ2n) is 5.48. The third kappa shape index (κ3) is 1.88. The molecule has 3 aromatic rings. The van der Waals surface area contributed by atoms with E-state index in [2.05, 4.69) is 4.98 Å². The Bertz CT molecular complexity index is 842. The molecule has 2 N–H and O–H groups in total. The predicted octanol–water partition coefficient (Wildman–Crippen LogP) is 4.53. The highest BCUT2D eigenvalue weighted by atomic mass is 35.5. The maximum Gasteiger partial charge on any atom is 0.123 e. The molecule has 4 rings (SSSR count). The molecule has 0 saturated heterocycles. The fourth-order valence-electron chi connectivity index (χ4n) is 3.36. The van der Waals surface area contributed by atoms with Gasteiger partial charge in [-0.25, -0.2) is 4.39 Å². The summed E-state index contributed by atoms with van der Waals surface area (Å²) in [4.78, 5) is 3.22. The molecule has 0 radical (unpaired) electrons. The summed E-state index contributed by atoms with van der Waals surface area (Å²) in [5, 5.41) is 11.9. The van der Waals surface area contributed by atoms with E-state index in [9.17, 15) is 9.50 Å². The van der Waals surface area contributed by atoms with Gasteiger partial charge < -0.3 is 10.1 Å². The molecule has 2 atom stereocenters. The van der Waals surface area contributed by atoms with Crippen LogP contribution in [0.5, 0.6) is 0 Å². The zero-order valence-electron chi connectivity index (χ0n) is 11.1. The van der Waals surface area contributed by atoms with Crippen molar-refractivity contribution in [1.29, 1.82) is 0 Å². The van der Waals surface area contributed by atoms with Gasteiger partial charge in [0.05, 0.1) is 11.1 Å². The first kappa shape index (κ1) is 12.9. The number of aliphatic hydroxyl groups excluding tert-OH is 1. The van der Waals surface area contributed by atoms with E-state index >= 15 is 0 Å². The third-order valence-electron chi connectivity index (χ3n) is 4.30. The van der Waals surface area contributed by atoms with Crippen LogP contribution in [0.3, 0.4) is 0 Å².